The maximum atomic E-state index is 13.0. The standard InChI is InChI=1S/C28H35N7O5/c1-17-5-6-18-19(13-17)31-21(30-18)7-8-22(36)34-11-9-28(10-12-34)15-27(2,39)20(14-40-28)35-16-29-24-23(35)25(37)33(4)26(38)32(24)3/h5-6,13,16,20,39H,7-12,14-15H2,1-4H3,(H,30,31)/t20-,27-/m1/s1. The van der Waals surface area contributed by atoms with Gasteiger partial charge in [0.1, 0.15) is 5.82 Å². The zero-order chi connectivity index (χ0) is 28.4. The SMILES string of the molecule is Cc1ccc2nc(CCC(=O)N3CCC4(CC3)C[C@@](C)(O)[C@H](n3cnc5c3c(=O)n(C)c(=O)n5C)CO4)[nH]c2c1. The smallest absolute Gasteiger partial charge is 0.332 e. The number of imidazole rings is 2. The fourth-order valence-electron chi connectivity index (χ4n) is 6.40. The number of carbonyl (C=O) groups is 1. The molecule has 2 N–H and O–H groups in total. The lowest BCUT2D eigenvalue weighted by atomic mass is 9.75. The second-order valence-corrected chi connectivity index (χ2v) is 11.7. The molecule has 12 heteroatoms. The maximum Gasteiger partial charge on any atom is 0.332 e. The van der Waals surface area contributed by atoms with E-state index in [0.717, 1.165) is 27.0 Å². The highest BCUT2D eigenvalue weighted by atomic mass is 16.5. The van der Waals surface area contributed by atoms with Gasteiger partial charge < -0.3 is 24.3 Å². The van der Waals surface area contributed by atoms with E-state index in [1.54, 1.807) is 18.5 Å². The second kappa shape index (κ2) is 9.41. The lowest BCUT2D eigenvalue weighted by molar-refractivity contribution is -0.196. The van der Waals surface area contributed by atoms with Crippen molar-refractivity contribution in [2.45, 2.75) is 63.2 Å². The number of amides is 1. The van der Waals surface area contributed by atoms with Crippen LogP contribution in [-0.4, -0.2) is 75.5 Å². The summed E-state index contributed by atoms with van der Waals surface area (Å²) in [5, 5.41) is 11.6. The Labute approximate surface area is 230 Å². The molecule has 0 aliphatic carbocycles. The van der Waals surface area contributed by atoms with Crippen LogP contribution in [0.4, 0.5) is 0 Å². The van der Waals surface area contributed by atoms with Crippen LogP contribution < -0.4 is 11.2 Å². The van der Waals surface area contributed by atoms with Crippen molar-refractivity contribution in [1.82, 2.24) is 33.6 Å². The van der Waals surface area contributed by atoms with Crippen LogP contribution in [0.2, 0.25) is 0 Å². The third kappa shape index (κ3) is 4.35. The van der Waals surface area contributed by atoms with Gasteiger partial charge in [-0.2, -0.15) is 0 Å². The largest absolute Gasteiger partial charge is 0.388 e. The molecule has 1 amide bonds. The third-order valence-electron chi connectivity index (χ3n) is 8.74. The zero-order valence-electron chi connectivity index (χ0n) is 23.3. The molecule has 12 nitrogen and oxygen atoms in total. The number of benzene rings is 1. The van der Waals surface area contributed by atoms with E-state index in [9.17, 15) is 19.5 Å². The van der Waals surface area contributed by atoms with Crippen LogP contribution in [0.15, 0.2) is 34.1 Å². The molecule has 212 valence electrons. The number of nitrogens with zero attached hydrogens (tertiary/aromatic N) is 6. The highest BCUT2D eigenvalue weighted by Crippen LogP contribution is 2.44. The summed E-state index contributed by atoms with van der Waals surface area (Å²) in [5.41, 5.74) is 0.905. The molecule has 6 rings (SSSR count). The Morgan fingerprint density at radius 2 is 1.95 bits per heavy atom. The molecule has 0 radical (unpaired) electrons. The summed E-state index contributed by atoms with van der Waals surface area (Å²) in [6.45, 7) is 5.08. The number of aryl methyl sites for hydroxylation is 3. The van der Waals surface area contributed by atoms with E-state index in [-0.39, 0.29) is 23.7 Å². The Bertz CT molecular complexity index is 1740. The number of rotatable bonds is 4. The van der Waals surface area contributed by atoms with Gasteiger partial charge in [-0.05, 0) is 44.4 Å². The predicted molar refractivity (Wildman–Crippen MR) is 148 cm³/mol. The average Bonchev–Trinajstić information content (AvgIpc) is 3.53. The highest BCUT2D eigenvalue weighted by molar-refractivity contribution is 5.78. The maximum absolute atomic E-state index is 13.0. The van der Waals surface area contributed by atoms with Crippen molar-refractivity contribution in [3.8, 4) is 0 Å². The van der Waals surface area contributed by atoms with Crippen molar-refractivity contribution in [2.24, 2.45) is 14.1 Å². The van der Waals surface area contributed by atoms with Crippen molar-refractivity contribution in [1.29, 1.82) is 0 Å². The summed E-state index contributed by atoms with van der Waals surface area (Å²) < 4.78 is 10.4. The number of hydrogen-bond donors (Lipinski definition) is 2. The molecule has 0 unspecified atom stereocenters. The van der Waals surface area contributed by atoms with E-state index in [4.69, 9.17) is 4.74 Å². The first-order chi connectivity index (χ1) is 19.0. The Morgan fingerprint density at radius 1 is 1.20 bits per heavy atom. The minimum absolute atomic E-state index is 0.0817. The third-order valence-corrected chi connectivity index (χ3v) is 8.74. The molecule has 1 spiro atoms. The predicted octanol–water partition coefficient (Wildman–Crippen LogP) is 1.32. The first kappa shape index (κ1) is 26.5. The topological polar surface area (TPSA) is 140 Å². The molecule has 4 aromatic rings. The van der Waals surface area contributed by atoms with Crippen molar-refractivity contribution < 1.29 is 14.6 Å². The van der Waals surface area contributed by atoms with Gasteiger partial charge in [-0.15, -0.1) is 0 Å². The summed E-state index contributed by atoms with van der Waals surface area (Å²) >= 11 is 0. The number of carbonyl (C=O) groups excluding carboxylic acids is 1. The number of aromatic nitrogens is 6. The molecule has 40 heavy (non-hydrogen) atoms. The molecule has 2 fully saturated rings. The number of hydrogen-bond acceptors (Lipinski definition) is 7. The normalized spacial score (nSPS) is 22.9. The van der Waals surface area contributed by atoms with E-state index in [0.29, 0.717) is 45.2 Å². The van der Waals surface area contributed by atoms with Crippen LogP contribution in [0, 0.1) is 6.92 Å². The van der Waals surface area contributed by atoms with Crippen molar-refractivity contribution in [3.05, 3.63) is 56.8 Å². The molecule has 3 aromatic heterocycles. The van der Waals surface area contributed by atoms with Gasteiger partial charge in [-0.3, -0.25) is 18.7 Å². The van der Waals surface area contributed by atoms with E-state index in [1.165, 1.54) is 17.9 Å². The Balaban J connectivity index is 1.11. The number of aliphatic hydroxyl groups is 1. The Morgan fingerprint density at radius 3 is 2.67 bits per heavy atom. The summed E-state index contributed by atoms with van der Waals surface area (Å²) in [4.78, 5) is 52.4. The second-order valence-electron chi connectivity index (χ2n) is 11.7. The van der Waals surface area contributed by atoms with Gasteiger partial charge >= 0.3 is 5.69 Å². The first-order valence-electron chi connectivity index (χ1n) is 13.7. The van der Waals surface area contributed by atoms with Crippen LogP contribution >= 0.6 is 0 Å². The van der Waals surface area contributed by atoms with Crippen LogP contribution in [0.25, 0.3) is 22.2 Å². The van der Waals surface area contributed by atoms with Gasteiger partial charge in [0.25, 0.3) is 5.56 Å². The van der Waals surface area contributed by atoms with Crippen molar-refractivity contribution >= 4 is 28.1 Å². The van der Waals surface area contributed by atoms with Crippen LogP contribution in [0.3, 0.4) is 0 Å². The molecular weight excluding hydrogens is 514 g/mol. The minimum atomic E-state index is -1.20. The van der Waals surface area contributed by atoms with Gasteiger partial charge in [0, 0.05) is 46.4 Å². The van der Waals surface area contributed by atoms with Gasteiger partial charge in [0.15, 0.2) is 11.2 Å². The van der Waals surface area contributed by atoms with E-state index in [1.807, 2.05) is 24.0 Å². The number of aromatic amines is 1. The molecular formula is C28H35N7O5. The summed E-state index contributed by atoms with van der Waals surface area (Å²) in [5.74, 6) is 0.889. The molecule has 0 saturated carbocycles. The molecule has 2 atom stereocenters. The molecule has 5 heterocycles. The monoisotopic (exact) mass is 549 g/mol. The van der Waals surface area contributed by atoms with Crippen LogP contribution in [0.5, 0.6) is 0 Å². The van der Waals surface area contributed by atoms with Crippen LogP contribution in [-0.2, 0) is 30.0 Å². The van der Waals surface area contributed by atoms with Gasteiger partial charge in [-0.25, -0.2) is 14.8 Å². The molecule has 2 aliphatic rings. The average molecular weight is 550 g/mol. The first-order valence-corrected chi connectivity index (χ1v) is 13.7. The lowest BCUT2D eigenvalue weighted by Gasteiger charge is -2.51. The number of fused-ring (bicyclic) bond motifs is 2. The molecule has 1 aromatic carbocycles. The van der Waals surface area contributed by atoms with Gasteiger partial charge in [0.2, 0.25) is 5.91 Å². The summed E-state index contributed by atoms with van der Waals surface area (Å²) in [6, 6.07) is 5.51. The highest BCUT2D eigenvalue weighted by Gasteiger charge is 2.50. The van der Waals surface area contributed by atoms with Gasteiger partial charge in [-0.1, -0.05) is 6.07 Å². The quantitative estimate of drug-likeness (QED) is 0.391. The lowest BCUT2D eigenvalue weighted by Crippen LogP contribution is -2.58. The number of H-pyrrole nitrogens is 1. The summed E-state index contributed by atoms with van der Waals surface area (Å²) in [7, 11) is 3.00. The minimum Gasteiger partial charge on any atom is -0.388 e. The fraction of sp³-hybridized carbons (Fsp3) is 0.536. The summed E-state index contributed by atoms with van der Waals surface area (Å²) in [6.07, 6.45) is 4.01. The van der Waals surface area contributed by atoms with Crippen molar-refractivity contribution in [2.75, 3.05) is 19.7 Å². The Kier molecular flexibility index (Phi) is 6.22. The van der Waals surface area contributed by atoms with E-state index in [2.05, 4.69) is 21.0 Å². The molecule has 2 aliphatic heterocycles. The molecule has 0 bridgehead atoms. The molecule has 2 saturated heterocycles. The number of piperidine rings is 1. The Hall–Kier alpha value is -3.77. The number of nitrogens with one attached hydrogen (secondary N) is 1. The number of ether oxygens (including phenoxy) is 1. The van der Waals surface area contributed by atoms with E-state index >= 15 is 0 Å². The van der Waals surface area contributed by atoms with E-state index < -0.39 is 28.5 Å². The fourth-order valence-corrected chi connectivity index (χ4v) is 6.40. The van der Waals surface area contributed by atoms with Gasteiger partial charge in [0.05, 0.1) is 41.2 Å². The number of likely N-dealkylation sites (tertiary alicyclic amines) is 1. The van der Waals surface area contributed by atoms with Crippen LogP contribution in [0.1, 0.15) is 50.0 Å². The zero-order valence-corrected chi connectivity index (χ0v) is 23.3. The van der Waals surface area contributed by atoms with Crippen molar-refractivity contribution in [3.63, 3.8) is 0 Å².